The molecule has 2 aromatic rings. The van der Waals surface area contributed by atoms with Gasteiger partial charge in [0.1, 0.15) is 24.7 Å². The number of esters is 1. The average molecular weight is 514 g/mol. The van der Waals surface area contributed by atoms with Crippen LogP contribution in [0.2, 0.25) is 0 Å². The maximum atomic E-state index is 13.6. The lowest BCUT2D eigenvalue weighted by Crippen LogP contribution is -2.73. The number of nitrogens with one attached hydrogen (secondary N) is 2. The molecular weight excluding hydrogens is 489 g/mol. The highest BCUT2D eigenvalue weighted by Crippen LogP contribution is 2.41. The first-order chi connectivity index (χ1) is 17.5. The number of nitrogens with zero attached hydrogens (tertiary/aromatic N) is 1. The zero-order chi connectivity index (χ0) is 25.5. The van der Waals surface area contributed by atoms with E-state index in [1.54, 1.807) is 5.41 Å². The highest BCUT2D eigenvalue weighted by Gasteiger charge is 2.56. The summed E-state index contributed by atoms with van der Waals surface area (Å²) < 4.78 is 23.5. The SMILES string of the molecule is O=CN[C@@H]1C(=O)N2C(C(=O)OC(c3ccccc3)c3ccccc3)C(COC(=O)NCCF)=CS[C@H]12. The molecule has 2 heterocycles. The second-order valence-electron chi connectivity index (χ2n) is 7.96. The van der Waals surface area contributed by atoms with Gasteiger partial charge in [-0.25, -0.2) is 14.0 Å². The topological polar surface area (TPSA) is 114 Å². The zero-order valence-corrected chi connectivity index (χ0v) is 19.9. The van der Waals surface area contributed by atoms with E-state index in [0.717, 1.165) is 11.1 Å². The molecule has 0 saturated carbocycles. The molecular formula is C25H24FN3O6S. The third-order valence-electron chi connectivity index (χ3n) is 5.71. The number of ether oxygens (including phenoxy) is 2. The van der Waals surface area contributed by atoms with Crippen LogP contribution in [-0.2, 0) is 23.9 Å². The van der Waals surface area contributed by atoms with E-state index in [2.05, 4.69) is 10.6 Å². The molecule has 188 valence electrons. The molecule has 0 bridgehead atoms. The van der Waals surface area contributed by atoms with Crippen LogP contribution in [0.4, 0.5) is 9.18 Å². The smallest absolute Gasteiger partial charge is 0.407 e. The van der Waals surface area contributed by atoms with Crippen molar-refractivity contribution in [3.05, 3.63) is 82.8 Å². The minimum absolute atomic E-state index is 0.209. The fourth-order valence-electron chi connectivity index (χ4n) is 4.02. The first kappa shape index (κ1) is 25.2. The molecule has 3 amide bonds. The van der Waals surface area contributed by atoms with Gasteiger partial charge in [-0.3, -0.25) is 9.59 Å². The van der Waals surface area contributed by atoms with Crippen molar-refractivity contribution in [2.75, 3.05) is 19.8 Å². The molecule has 3 atom stereocenters. The molecule has 0 aliphatic carbocycles. The third kappa shape index (κ3) is 5.35. The van der Waals surface area contributed by atoms with Crippen molar-refractivity contribution in [1.82, 2.24) is 15.5 Å². The molecule has 11 heteroatoms. The van der Waals surface area contributed by atoms with Crippen LogP contribution in [0, 0.1) is 0 Å². The van der Waals surface area contributed by atoms with Gasteiger partial charge in [0, 0.05) is 12.1 Å². The van der Waals surface area contributed by atoms with E-state index >= 15 is 0 Å². The van der Waals surface area contributed by atoms with Crippen LogP contribution in [0.5, 0.6) is 0 Å². The normalized spacial score (nSPS) is 20.5. The molecule has 0 radical (unpaired) electrons. The third-order valence-corrected chi connectivity index (χ3v) is 6.93. The van der Waals surface area contributed by atoms with Gasteiger partial charge >= 0.3 is 12.1 Å². The van der Waals surface area contributed by atoms with E-state index in [-0.39, 0.29) is 13.2 Å². The van der Waals surface area contributed by atoms with Crippen LogP contribution < -0.4 is 10.6 Å². The summed E-state index contributed by atoms with van der Waals surface area (Å²) in [6.07, 6.45) is -1.16. The number of fused-ring (bicyclic) bond motifs is 1. The molecule has 36 heavy (non-hydrogen) atoms. The summed E-state index contributed by atoms with van der Waals surface area (Å²) in [5.41, 5.74) is 1.80. The molecule has 1 fully saturated rings. The minimum Gasteiger partial charge on any atom is -0.451 e. The number of rotatable bonds is 10. The molecule has 4 rings (SSSR count). The van der Waals surface area contributed by atoms with Crippen molar-refractivity contribution >= 4 is 36.1 Å². The number of hydrogen-bond acceptors (Lipinski definition) is 7. The number of benzene rings is 2. The van der Waals surface area contributed by atoms with Crippen LogP contribution in [0.3, 0.4) is 0 Å². The van der Waals surface area contributed by atoms with Crippen molar-refractivity contribution in [2.45, 2.75) is 23.6 Å². The lowest BCUT2D eigenvalue weighted by molar-refractivity contribution is -0.165. The fraction of sp³-hybridized carbons (Fsp3) is 0.280. The van der Waals surface area contributed by atoms with Gasteiger partial charge in [-0.2, -0.15) is 0 Å². The van der Waals surface area contributed by atoms with Gasteiger partial charge in [0.2, 0.25) is 12.3 Å². The summed E-state index contributed by atoms with van der Waals surface area (Å²) in [5, 5.41) is 5.82. The summed E-state index contributed by atoms with van der Waals surface area (Å²) in [7, 11) is 0. The molecule has 1 saturated heterocycles. The summed E-state index contributed by atoms with van der Waals surface area (Å²) in [6, 6.07) is 16.4. The number of thioether (sulfide) groups is 1. The summed E-state index contributed by atoms with van der Waals surface area (Å²) in [4.78, 5) is 50.6. The number of carbonyl (C=O) groups excluding carboxylic acids is 4. The molecule has 2 N–H and O–H groups in total. The predicted molar refractivity (Wildman–Crippen MR) is 129 cm³/mol. The Morgan fingerprint density at radius 1 is 1.08 bits per heavy atom. The first-order valence-electron chi connectivity index (χ1n) is 11.2. The van der Waals surface area contributed by atoms with Gasteiger partial charge in [0.25, 0.3) is 0 Å². The Bertz CT molecular complexity index is 1090. The second kappa shape index (κ2) is 11.7. The van der Waals surface area contributed by atoms with Crippen LogP contribution in [0.15, 0.2) is 71.6 Å². The Morgan fingerprint density at radius 3 is 2.31 bits per heavy atom. The first-order valence-corrected chi connectivity index (χ1v) is 12.1. The van der Waals surface area contributed by atoms with Crippen molar-refractivity contribution < 1.29 is 33.0 Å². The number of hydrogen-bond donors (Lipinski definition) is 2. The van der Waals surface area contributed by atoms with E-state index in [1.807, 2.05) is 60.7 Å². The van der Waals surface area contributed by atoms with Crippen LogP contribution >= 0.6 is 11.8 Å². The molecule has 9 nitrogen and oxygen atoms in total. The second-order valence-corrected chi connectivity index (χ2v) is 8.95. The number of β-lactam (4-membered cyclic amide) rings is 1. The summed E-state index contributed by atoms with van der Waals surface area (Å²) >= 11 is 1.22. The monoisotopic (exact) mass is 513 g/mol. The molecule has 0 aromatic heterocycles. The largest absolute Gasteiger partial charge is 0.451 e. The maximum absolute atomic E-state index is 13.6. The number of amides is 3. The number of carbonyl (C=O) groups is 4. The number of alkyl carbamates (subject to hydrolysis) is 1. The van der Waals surface area contributed by atoms with Crippen molar-refractivity contribution in [2.24, 2.45) is 0 Å². The Morgan fingerprint density at radius 2 is 1.72 bits per heavy atom. The number of halogens is 1. The van der Waals surface area contributed by atoms with Gasteiger partial charge in [0.15, 0.2) is 12.1 Å². The molecule has 2 aliphatic heterocycles. The lowest BCUT2D eigenvalue weighted by Gasteiger charge is -2.51. The molecule has 0 spiro atoms. The Hall–Kier alpha value is -3.86. The highest BCUT2D eigenvalue weighted by atomic mass is 32.2. The van der Waals surface area contributed by atoms with Gasteiger partial charge in [-0.15, -0.1) is 11.8 Å². The predicted octanol–water partition coefficient (Wildman–Crippen LogP) is 2.30. The van der Waals surface area contributed by atoms with Crippen LogP contribution in [-0.4, -0.2) is 66.6 Å². The van der Waals surface area contributed by atoms with E-state index in [4.69, 9.17) is 9.47 Å². The van der Waals surface area contributed by atoms with E-state index < -0.39 is 48.2 Å². The van der Waals surface area contributed by atoms with Crippen molar-refractivity contribution in [1.29, 1.82) is 0 Å². The maximum Gasteiger partial charge on any atom is 0.407 e. The lowest BCUT2D eigenvalue weighted by atomic mass is 9.97. The van der Waals surface area contributed by atoms with Crippen molar-refractivity contribution in [3.8, 4) is 0 Å². The van der Waals surface area contributed by atoms with Gasteiger partial charge < -0.3 is 25.0 Å². The van der Waals surface area contributed by atoms with E-state index in [1.165, 1.54) is 16.7 Å². The van der Waals surface area contributed by atoms with Crippen molar-refractivity contribution in [3.63, 3.8) is 0 Å². The van der Waals surface area contributed by atoms with E-state index in [9.17, 15) is 23.6 Å². The summed E-state index contributed by atoms with van der Waals surface area (Å²) in [6.45, 7) is -1.27. The minimum atomic E-state index is -1.17. The quantitative estimate of drug-likeness (QED) is 0.285. The molecule has 1 unspecified atom stereocenters. The van der Waals surface area contributed by atoms with Crippen LogP contribution in [0.1, 0.15) is 17.2 Å². The molecule has 2 aromatic carbocycles. The van der Waals surface area contributed by atoms with Gasteiger partial charge in [-0.1, -0.05) is 60.7 Å². The van der Waals surface area contributed by atoms with Gasteiger partial charge in [0.05, 0.1) is 0 Å². The number of alkyl halides is 1. The fourth-order valence-corrected chi connectivity index (χ4v) is 5.24. The Balaban J connectivity index is 1.60. The Labute approximate surface area is 211 Å². The average Bonchev–Trinajstić information content (AvgIpc) is 2.92. The van der Waals surface area contributed by atoms with Crippen LogP contribution in [0.25, 0.3) is 0 Å². The standard InChI is InChI=1S/C25H24FN3O6S/c26-11-12-27-25(33)34-13-18-14-36-23-19(28-15-30)22(31)29(23)20(18)24(32)35-21(16-7-3-1-4-8-16)17-9-5-2-6-10-17/h1-10,14-15,19-21,23H,11-13H2,(H,27,33)(H,28,30)/t19-,20?,23-/m1/s1. The Kier molecular flexibility index (Phi) is 8.21. The zero-order valence-electron chi connectivity index (χ0n) is 19.0. The highest BCUT2D eigenvalue weighted by molar-refractivity contribution is 8.02. The summed E-state index contributed by atoms with van der Waals surface area (Å²) in [5.74, 6) is -1.17. The molecule has 2 aliphatic rings. The van der Waals surface area contributed by atoms with Gasteiger partial charge in [-0.05, 0) is 16.5 Å². The van der Waals surface area contributed by atoms with E-state index in [0.29, 0.717) is 12.0 Å².